The van der Waals surface area contributed by atoms with Crippen LogP contribution in [0.1, 0.15) is 112 Å². The molecule has 1 aliphatic carbocycles. The molecule has 3 amide bonds. The molecule has 0 spiro atoms. The number of carbonyl (C=O) groups is 4. The van der Waals surface area contributed by atoms with E-state index in [4.69, 9.17) is 9.47 Å². The van der Waals surface area contributed by atoms with Gasteiger partial charge in [-0.25, -0.2) is 4.79 Å². The molecule has 1 aromatic carbocycles. The van der Waals surface area contributed by atoms with Crippen molar-refractivity contribution in [3.63, 3.8) is 0 Å². The maximum Gasteiger partial charge on any atom is 0.407 e. The SMILES string of the molecule is CC[C@H](C)[C@H](NC(=O)[C@@H](C[C@H](O)[C@H](CC1CCCCC1)NC(=O)OC(C)(C)C)C(C)C)C(=O)NCCC(=O)OCc1ccccc1. The highest BCUT2D eigenvalue weighted by atomic mass is 16.6. The van der Waals surface area contributed by atoms with Gasteiger partial charge in [-0.3, -0.25) is 14.4 Å². The lowest BCUT2D eigenvalue weighted by atomic mass is 9.81. The van der Waals surface area contributed by atoms with Gasteiger partial charge in [-0.1, -0.05) is 96.6 Å². The fourth-order valence-electron chi connectivity index (χ4n) is 5.83. The van der Waals surface area contributed by atoms with Crippen molar-refractivity contribution in [2.75, 3.05) is 6.54 Å². The highest BCUT2D eigenvalue weighted by Gasteiger charge is 2.35. The second kappa shape index (κ2) is 19.5. The highest BCUT2D eigenvalue weighted by molar-refractivity contribution is 5.89. The van der Waals surface area contributed by atoms with E-state index in [1.807, 2.05) is 58.0 Å². The summed E-state index contributed by atoms with van der Waals surface area (Å²) in [7, 11) is 0. The minimum absolute atomic E-state index is 0.00753. The lowest BCUT2D eigenvalue weighted by Gasteiger charge is -2.33. The molecular formula is C36H59N3O7. The number of rotatable bonds is 17. The van der Waals surface area contributed by atoms with Crippen LogP contribution < -0.4 is 16.0 Å². The molecule has 10 nitrogen and oxygen atoms in total. The first-order valence-corrected chi connectivity index (χ1v) is 17.1. The Morgan fingerprint density at radius 3 is 2.20 bits per heavy atom. The Bertz CT molecular complexity index is 1080. The molecule has 5 atom stereocenters. The van der Waals surface area contributed by atoms with E-state index in [0.717, 1.165) is 31.2 Å². The number of carbonyl (C=O) groups excluding carboxylic acids is 4. The van der Waals surface area contributed by atoms with Crippen molar-refractivity contribution in [3.05, 3.63) is 35.9 Å². The van der Waals surface area contributed by atoms with E-state index in [0.29, 0.717) is 18.8 Å². The second-order valence-corrected chi connectivity index (χ2v) is 14.2. The Balaban J connectivity index is 2.03. The lowest BCUT2D eigenvalue weighted by Crippen LogP contribution is -2.53. The molecule has 0 aliphatic heterocycles. The summed E-state index contributed by atoms with van der Waals surface area (Å²) in [5.41, 5.74) is 0.198. The summed E-state index contributed by atoms with van der Waals surface area (Å²) in [4.78, 5) is 51.9. The molecule has 46 heavy (non-hydrogen) atoms. The monoisotopic (exact) mass is 645 g/mol. The van der Waals surface area contributed by atoms with Crippen molar-refractivity contribution in [1.82, 2.24) is 16.0 Å². The lowest BCUT2D eigenvalue weighted by molar-refractivity contribution is -0.145. The van der Waals surface area contributed by atoms with E-state index >= 15 is 0 Å². The first-order chi connectivity index (χ1) is 21.7. The summed E-state index contributed by atoms with van der Waals surface area (Å²) in [5, 5.41) is 20.1. The largest absolute Gasteiger partial charge is 0.461 e. The molecular weight excluding hydrogens is 586 g/mol. The zero-order valence-electron chi connectivity index (χ0n) is 29.1. The van der Waals surface area contributed by atoms with Crippen molar-refractivity contribution in [3.8, 4) is 0 Å². The van der Waals surface area contributed by atoms with Gasteiger partial charge in [0.05, 0.1) is 18.6 Å². The summed E-state index contributed by atoms with van der Waals surface area (Å²) < 4.78 is 10.8. The van der Waals surface area contributed by atoms with Crippen LogP contribution in [0.25, 0.3) is 0 Å². The molecule has 1 saturated carbocycles. The Morgan fingerprint density at radius 2 is 1.61 bits per heavy atom. The number of amides is 3. The molecule has 0 bridgehead atoms. The summed E-state index contributed by atoms with van der Waals surface area (Å²) in [5.74, 6) is -1.65. The van der Waals surface area contributed by atoms with E-state index in [1.54, 1.807) is 20.8 Å². The van der Waals surface area contributed by atoms with Crippen LogP contribution in [0.2, 0.25) is 0 Å². The average molecular weight is 646 g/mol. The van der Waals surface area contributed by atoms with Gasteiger partial charge in [0, 0.05) is 12.5 Å². The highest BCUT2D eigenvalue weighted by Crippen LogP contribution is 2.30. The normalized spacial score (nSPS) is 17.2. The van der Waals surface area contributed by atoms with Crippen LogP contribution in [0.5, 0.6) is 0 Å². The van der Waals surface area contributed by atoms with Crippen LogP contribution in [-0.4, -0.2) is 59.3 Å². The van der Waals surface area contributed by atoms with Crippen LogP contribution in [0.4, 0.5) is 4.79 Å². The van der Waals surface area contributed by atoms with E-state index in [-0.39, 0.29) is 49.6 Å². The standard InChI is InChI=1S/C36H59N3O7/c1-8-25(4)32(34(43)37-20-19-31(41)45-23-27-17-13-10-14-18-27)39-33(42)28(24(2)3)22-30(40)29(21-26-15-11-9-12-16-26)38-35(44)46-36(5,6)7/h10,13-14,17-18,24-26,28-30,32,40H,8-9,11-12,15-16,19-23H2,1-7H3,(H,37,43)(H,38,44)(H,39,42)/t25-,28-,29-,30-,32-/m0/s1. The summed E-state index contributed by atoms with van der Waals surface area (Å²) in [6.07, 6.45) is 5.37. The van der Waals surface area contributed by atoms with Crippen LogP contribution >= 0.6 is 0 Å². The van der Waals surface area contributed by atoms with E-state index in [9.17, 15) is 24.3 Å². The van der Waals surface area contributed by atoms with Gasteiger partial charge in [0.25, 0.3) is 0 Å². The quantitative estimate of drug-likeness (QED) is 0.160. The van der Waals surface area contributed by atoms with Crippen LogP contribution in [0.3, 0.4) is 0 Å². The van der Waals surface area contributed by atoms with Gasteiger partial charge in [-0.15, -0.1) is 0 Å². The summed E-state index contributed by atoms with van der Waals surface area (Å²) >= 11 is 0. The topological polar surface area (TPSA) is 143 Å². The van der Waals surface area contributed by atoms with E-state index < -0.39 is 41.8 Å². The van der Waals surface area contributed by atoms with Crippen molar-refractivity contribution in [2.45, 2.75) is 137 Å². The Labute approximate surface area is 276 Å². The van der Waals surface area contributed by atoms with Gasteiger partial charge in [0.15, 0.2) is 0 Å². The number of esters is 1. The maximum absolute atomic E-state index is 13.7. The molecule has 2 rings (SSSR count). The van der Waals surface area contributed by atoms with Gasteiger partial charge >= 0.3 is 12.1 Å². The molecule has 10 heteroatoms. The van der Waals surface area contributed by atoms with Gasteiger partial charge in [0.2, 0.25) is 11.8 Å². The Kier molecular flexibility index (Phi) is 16.6. The van der Waals surface area contributed by atoms with Crippen molar-refractivity contribution in [2.24, 2.45) is 23.7 Å². The van der Waals surface area contributed by atoms with Gasteiger partial charge < -0.3 is 30.5 Å². The minimum atomic E-state index is -0.981. The molecule has 260 valence electrons. The molecule has 0 heterocycles. The molecule has 1 aliphatic rings. The zero-order chi connectivity index (χ0) is 34.3. The molecule has 0 unspecified atom stereocenters. The Morgan fingerprint density at radius 1 is 0.957 bits per heavy atom. The number of aliphatic hydroxyl groups is 1. The first-order valence-electron chi connectivity index (χ1n) is 17.1. The average Bonchev–Trinajstić information content (AvgIpc) is 3.00. The minimum Gasteiger partial charge on any atom is -0.461 e. The third-order valence-corrected chi connectivity index (χ3v) is 8.78. The smallest absolute Gasteiger partial charge is 0.407 e. The Hall–Kier alpha value is -3.14. The summed E-state index contributed by atoms with van der Waals surface area (Å²) in [6, 6.07) is 7.98. The van der Waals surface area contributed by atoms with Crippen molar-refractivity contribution < 1.29 is 33.8 Å². The molecule has 0 aromatic heterocycles. The third kappa shape index (κ3) is 14.5. The van der Waals surface area contributed by atoms with Crippen molar-refractivity contribution >= 4 is 23.9 Å². The van der Waals surface area contributed by atoms with Gasteiger partial charge in [0.1, 0.15) is 18.2 Å². The third-order valence-electron chi connectivity index (χ3n) is 8.78. The van der Waals surface area contributed by atoms with Crippen molar-refractivity contribution in [1.29, 1.82) is 0 Å². The molecule has 1 fully saturated rings. The first kappa shape index (κ1) is 39.0. The zero-order valence-corrected chi connectivity index (χ0v) is 29.1. The predicted molar refractivity (Wildman–Crippen MR) is 179 cm³/mol. The van der Waals surface area contributed by atoms with Gasteiger partial charge in [-0.05, 0) is 56.9 Å². The molecule has 1 aromatic rings. The fourth-order valence-corrected chi connectivity index (χ4v) is 5.83. The second-order valence-electron chi connectivity index (χ2n) is 14.2. The summed E-state index contributed by atoms with van der Waals surface area (Å²) in [6.45, 7) is 13.3. The maximum atomic E-state index is 13.7. The number of aliphatic hydroxyl groups excluding tert-OH is 1. The van der Waals surface area contributed by atoms with Gasteiger partial charge in [-0.2, -0.15) is 0 Å². The van der Waals surface area contributed by atoms with E-state index in [2.05, 4.69) is 16.0 Å². The number of ether oxygens (including phenoxy) is 2. The number of hydrogen-bond donors (Lipinski definition) is 4. The molecule has 4 N–H and O–H groups in total. The molecule has 0 radical (unpaired) electrons. The fraction of sp³-hybridized carbons (Fsp3) is 0.722. The van der Waals surface area contributed by atoms with E-state index in [1.165, 1.54) is 6.42 Å². The molecule has 0 saturated heterocycles. The van der Waals surface area contributed by atoms with Crippen LogP contribution in [0, 0.1) is 23.7 Å². The number of alkyl carbamates (subject to hydrolysis) is 1. The number of benzene rings is 1. The van der Waals surface area contributed by atoms with Crippen LogP contribution in [-0.2, 0) is 30.5 Å². The number of hydrogen-bond acceptors (Lipinski definition) is 7. The predicted octanol–water partition coefficient (Wildman–Crippen LogP) is 5.65. The van der Waals surface area contributed by atoms with Crippen LogP contribution in [0.15, 0.2) is 30.3 Å². The number of nitrogens with one attached hydrogen (secondary N) is 3.